The Bertz CT molecular complexity index is 1380. The lowest BCUT2D eigenvalue weighted by Gasteiger charge is -2.18. The summed E-state index contributed by atoms with van der Waals surface area (Å²) in [5.41, 5.74) is 5.94. The van der Waals surface area contributed by atoms with E-state index >= 15 is 0 Å². The molecule has 0 aromatic carbocycles. The zero-order valence-corrected chi connectivity index (χ0v) is 20.4. The summed E-state index contributed by atoms with van der Waals surface area (Å²) in [6.07, 6.45) is 5.78. The maximum absolute atomic E-state index is 9.63. The van der Waals surface area contributed by atoms with Crippen LogP contribution in [0.15, 0.2) is 12.3 Å². The quantitative estimate of drug-likeness (QED) is 0.458. The van der Waals surface area contributed by atoms with E-state index in [-0.39, 0.29) is 6.61 Å². The lowest BCUT2D eigenvalue weighted by Crippen LogP contribution is -2.26. The van der Waals surface area contributed by atoms with Crippen molar-refractivity contribution in [3.63, 3.8) is 0 Å². The largest absolute Gasteiger partial charge is 0.476 e. The highest BCUT2D eigenvalue weighted by atomic mass is 16.5. The number of fused-ring (bicyclic) bond motifs is 4. The molecule has 0 radical (unpaired) electrons. The monoisotopic (exact) mass is 478 g/mol. The van der Waals surface area contributed by atoms with Crippen LogP contribution in [0.1, 0.15) is 29.6 Å². The summed E-state index contributed by atoms with van der Waals surface area (Å²) in [5, 5.41) is 27.3. The van der Waals surface area contributed by atoms with Crippen molar-refractivity contribution in [1.29, 1.82) is 0 Å². The normalized spacial score (nSPS) is 15.3. The third-order valence-corrected chi connectivity index (χ3v) is 6.11. The van der Waals surface area contributed by atoms with Crippen LogP contribution in [0.2, 0.25) is 0 Å². The van der Waals surface area contributed by atoms with E-state index in [1.54, 1.807) is 10.9 Å². The number of likely N-dealkylation sites (N-methyl/N-ethyl adjacent to an activating group) is 1. The van der Waals surface area contributed by atoms with Crippen molar-refractivity contribution in [2.24, 2.45) is 7.05 Å². The van der Waals surface area contributed by atoms with E-state index in [0.717, 1.165) is 44.8 Å². The molecule has 0 atom stereocenters. The average Bonchev–Trinajstić information content (AvgIpc) is 3.49. The van der Waals surface area contributed by atoms with Gasteiger partial charge in [0.05, 0.1) is 59.9 Å². The van der Waals surface area contributed by atoms with E-state index in [4.69, 9.17) is 14.5 Å². The molecule has 5 heterocycles. The van der Waals surface area contributed by atoms with Crippen molar-refractivity contribution in [2.45, 2.75) is 26.9 Å². The summed E-state index contributed by atoms with van der Waals surface area (Å²) >= 11 is 0. The molecule has 0 aliphatic carbocycles. The molecule has 2 N–H and O–H groups in total. The van der Waals surface area contributed by atoms with Gasteiger partial charge in [0.15, 0.2) is 0 Å². The lowest BCUT2D eigenvalue weighted by molar-refractivity contribution is 0.215. The first-order chi connectivity index (χ1) is 17.0. The lowest BCUT2D eigenvalue weighted by atomic mass is 10.1. The number of ether oxygens (including phenoxy) is 2. The van der Waals surface area contributed by atoms with E-state index in [1.165, 1.54) is 0 Å². The van der Waals surface area contributed by atoms with Gasteiger partial charge in [0.1, 0.15) is 12.1 Å². The molecule has 1 aliphatic heterocycles. The number of aromatic nitrogens is 7. The highest BCUT2D eigenvalue weighted by molar-refractivity contribution is 5.93. The van der Waals surface area contributed by atoms with Gasteiger partial charge in [-0.2, -0.15) is 10.2 Å². The van der Waals surface area contributed by atoms with Crippen molar-refractivity contribution >= 4 is 23.1 Å². The Hall–Kier alpha value is -3.70. The number of nitrogens with zero attached hydrogens (tertiary/aromatic N) is 7. The van der Waals surface area contributed by atoms with Gasteiger partial charge in [-0.25, -0.2) is 4.68 Å². The molecule has 11 heteroatoms. The van der Waals surface area contributed by atoms with Crippen molar-refractivity contribution < 1.29 is 14.6 Å². The fourth-order valence-electron chi connectivity index (χ4n) is 4.37. The predicted molar refractivity (Wildman–Crippen MR) is 132 cm³/mol. The first-order valence-electron chi connectivity index (χ1n) is 11.7. The fourth-order valence-corrected chi connectivity index (χ4v) is 4.37. The molecule has 0 saturated heterocycles. The van der Waals surface area contributed by atoms with Crippen LogP contribution in [0.3, 0.4) is 0 Å². The van der Waals surface area contributed by atoms with Gasteiger partial charge >= 0.3 is 0 Å². The Balaban J connectivity index is 1.69. The molecule has 0 spiro atoms. The molecule has 4 aromatic rings. The van der Waals surface area contributed by atoms with Crippen molar-refractivity contribution in [3.05, 3.63) is 34.9 Å². The van der Waals surface area contributed by atoms with Crippen molar-refractivity contribution in [1.82, 2.24) is 39.6 Å². The molecule has 1 aliphatic rings. The van der Waals surface area contributed by atoms with E-state index < -0.39 is 0 Å². The van der Waals surface area contributed by atoms with Crippen LogP contribution in [-0.2, 0) is 20.1 Å². The maximum Gasteiger partial charge on any atom is 0.240 e. The number of hydrogen-bond acceptors (Lipinski definition) is 8. The number of pyridine rings is 1. The minimum absolute atomic E-state index is 0.0142. The Labute approximate surface area is 203 Å². The summed E-state index contributed by atoms with van der Waals surface area (Å²) in [6.45, 7) is 6.50. The molecule has 4 aromatic heterocycles. The third kappa shape index (κ3) is 4.28. The number of H-pyrrole nitrogens is 1. The van der Waals surface area contributed by atoms with Crippen LogP contribution in [0.25, 0.3) is 34.3 Å². The Morgan fingerprint density at radius 1 is 1.26 bits per heavy atom. The first-order valence-corrected chi connectivity index (χ1v) is 11.7. The van der Waals surface area contributed by atoms with Gasteiger partial charge in [0, 0.05) is 25.5 Å². The summed E-state index contributed by atoms with van der Waals surface area (Å²) in [7, 11) is 3.89. The fraction of sp³-hybridized carbons (Fsp3) is 0.417. The molecular weight excluding hydrogens is 448 g/mol. The van der Waals surface area contributed by atoms with Crippen LogP contribution >= 0.6 is 0 Å². The highest BCUT2D eigenvalue weighted by Crippen LogP contribution is 2.33. The van der Waals surface area contributed by atoms with E-state index in [2.05, 4.69) is 25.3 Å². The molecule has 0 unspecified atom stereocenters. The summed E-state index contributed by atoms with van der Waals surface area (Å²) in [6, 6.07) is 2.01. The number of aliphatic hydroxyl groups excluding tert-OH is 1. The maximum atomic E-state index is 9.63. The molecule has 11 nitrogen and oxygen atoms in total. The van der Waals surface area contributed by atoms with Crippen molar-refractivity contribution in [3.8, 4) is 23.0 Å². The smallest absolute Gasteiger partial charge is 0.240 e. The topological polar surface area (TPSA) is 119 Å². The summed E-state index contributed by atoms with van der Waals surface area (Å²) < 4.78 is 15.6. The molecule has 0 amide bonds. The van der Waals surface area contributed by atoms with Crippen LogP contribution in [0.4, 0.5) is 0 Å². The van der Waals surface area contributed by atoms with Gasteiger partial charge in [-0.05, 0) is 39.1 Å². The zero-order chi connectivity index (χ0) is 24.5. The van der Waals surface area contributed by atoms with Gasteiger partial charge < -0.3 is 14.6 Å². The first kappa shape index (κ1) is 23.1. The highest BCUT2D eigenvalue weighted by Gasteiger charge is 2.21. The van der Waals surface area contributed by atoms with Gasteiger partial charge in [-0.1, -0.05) is 0 Å². The molecule has 2 bridgehead atoms. The summed E-state index contributed by atoms with van der Waals surface area (Å²) in [4.78, 5) is 6.94. The molecule has 0 saturated carbocycles. The Morgan fingerprint density at radius 3 is 2.91 bits per heavy atom. The molecule has 5 rings (SSSR count). The van der Waals surface area contributed by atoms with Crippen LogP contribution in [0.5, 0.6) is 11.8 Å². The van der Waals surface area contributed by atoms with E-state index in [1.807, 2.05) is 50.8 Å². The van der Waals surface area contributed by atoms with E-state index in [0.29, 0.717) is 44.6 Å². The van der Waals surface area contributed by atoms with Gasteiger partial charge in [0.2, 0.25) is 11.8 Å². The number of rotatable bonds is 4. The van der Waals surface area contributed by atoms with Gasteiger partial charge in [-0.3, -0.25) is 19.7 Å². The predicted octanol–water partition coefficient (Wildman–Crippen LogP) is 2.25. The standard InChI is InChI=1S/C24H30N8O3/c1-5-34-23-16-6-7-19-17-12-20(26-15(2)22(17)28-27-19)18-13-25-31(4)24(18)35-11-9-30(3)14-21(16)32(29-23)8-10-33/h6-7,12-13,33H,5,8-11,14H2,1-4H3,(H,27,28)/b7-6+. The number of aryl methyl sites for hydroxylation is 2. The second-order valence-corrected chi connectivity index (χ2v) is 8.58. The average molecular weight is 479 g/mol. The number of aliphatic hydroxyl groups is 1. The summed E-state index contributed by atoms with van der Waals surface area (Å²) in [5.74, 6) is 1.21. The number of hydrogen-bond donors (Lipinski definition) is 2. The SMILES string of the molecule is CCOc1nn(CCO)c2c1/C=C/c1[nH]nc3c(C)nc(cc13)-c1cnn(C)c1OCCN(C)C2. The number of aromatic amines is 1. The second kappa shape index (κ2) is 9.51. The molecule has 0 fully saturated rings. The minimum Gasteiger partial charge on any atom is -0.476 e. The van der Waals surface area contributed by atoms with Crippen LogP contribution in [-0.4, -0.2) is 78.2 Å². The Kier molecular flexibility index (Phi) is 6.27. The third-order valence-electron chi connectivity index (χ3n) is 6.11. The Morgan fingerprint density at radius 2 is 2.11 bits per heavy atom. The van der Waals surface area contributed by atoms with Crippen LogP contribution < -0.4 is 9.47 Å². The molecular formula is C24H30N8O3. The van der Waals surface area contributed by atoms with Crippen molar-refractivity contribution in [2.75, 3.05) is 33.4 Å². The van der Waals surface area contributed by atoms with Crippen LogP contribution in [0, 0.1) is 6.92 Å². The number of nitrogens with one attached hydrogen (secondary N) is 1. The minimum atomic E-state index is -0.0142. The molecule has 184 valence electrons. The molecule has 35 heavy (non-hydrogen) atoms. The second-order valence-electron chi connectivity index (χ2n) is 8.58. The zero-order valence-electron chi connectivity index (χ0n) is 20.4. The van der Waals surface area contributed by atoms with E-state index in [9.17, 15) is 5.11 Å². The van der Waals surface area contributed by atoms with Gasteiger partial charge in [-0.15, -0.1) is 5.10 Å². The van der Waals surface area contributed by atoms with Gasteiger partial charge in [0.25, 0.3) is 0 Å².